The maximum atomic E-state index is 8.95. The number of benzene rings is 2. The molecule has 0 aliphatic carbocycles. The minimum Gasteiger partial charge on any atom is -0.302 e. The molecule has 0 amide bonds. The van der Waals surface area contributed by atoms with Crippen LogP contribution in [0.1, 0.15) is 4.88 Å². The number of nitrogens with zero attached hydrogens (tertiary/aromatic N) is 3. The molecule has 29 heavy (non-hydrogen) atoms. The minimum atomic E-state index is 0.115. The van der Waals surface area contributed by atoms with E-state index in [1.165, 1.54) is 0 Å². The molecule has 0 fully saturated rings. The quantitative estimate of drug-likeness (QED) is 0.323. The van der Waals surface area contributed by atoms with E-state index in [4.69, 9.17) is 10.5 Å². The van der Waals surface area contributed by atoms with Crippen molar-refractivity contribution in [1.29, 1.82) is 10.5 Å². The van der Waals surface area contributed by atoms with E-state index < -0.39 is 0 Å². The lowest BCUT2D eigenvalue weighted by atomic mass is 10.2. The van der Waals surface area contributed by atoms with Crippen LogP contribution in [-0.2, 0) is 0 Å². The number of hydrogen-bond acceptors (Lipinski definition) is 5. The molecule has 0 unspecified atom stereocenters. The van der Waals surface area contributed by atoms with Crippen molar-refractivity contribution in [2.45, 2.75) is 0 Å². The number of allylic oxidation sites excluding steroid dienone is 1. The minimum absolute atomic E-state index is 0.115. The standard InChI is InChI=1S/C24H15N3S2/c25-16-18(17-26)15-21-11-12-22(28-21)23-13-14-24(29-23)27(19-7-3-1-4-8-19)20-9-5-2-6-10-20/h1-15H. The molecule has 0 spiro atoms. The van der Waals surface area contributed by atoms with Gasteiger partial charge in [-0.05, 0) is 54.6 Å². The van der Waals surface area contributed by atoms with Gasteiger partial charge in [0.1, 0.15) is 22.7 Å². The highest BCUT2D eigenvalue weighted by Gasteiger charge is 2.15. The van der Waals surface area contributed by atoms with E-state index in [2.05, 4.69) is 41.3 Å². The zero-order valence-electron chi connectivity index (χ0n) is 15.3. The summed E-state index contributed by atoms with van der Waals surface area (Å²) in [6.07, 6.45) is 1.63. The van der Waals surface area contributed by atoms with Crippen LogP contribution in [-0.4, -0.2) is 0 Å². The Morgan fingerprint density at radius 1 is 0.690 bits per heavy atom. The van der Waals surface area contributed by atoms with Crippen LogP contribution in [0.25, 0.3) is 15.8 Å². The molecule has 0 radical (unpaired) electrons. The summed E-state index contributed by atoms with van der Waals surface area (Å²) < 4.78 is 0. The van der Waals surface area contributed by atoms with E-state index >= 15 is 0 Å². The normalized spacial score (nSPS) is 10.0. The Morgan fingerprint density at radius 3 is 1.83 bits per heavy atom. The van der Waals surface area contributed by atoms with Crippen LogP contribution in [0.5, 0.6) is 0 Å². The molecule has 0 bridgehead atoms. The molecular weight excluding hydrogens is 394 g/mol. The van der Waals surface area contributed by atoms with Gasteiger partial charge in [0.15, 0.2) is 0 Å². The van der Waals surface area contributed by atoms with Gasteiger partial charge in [-0.3, -0.25) is 0 Å². The van der Waals surface area contributed by atoms with Crippen LogP contribution < -0.4 is 4.90 Å². The predicted molar refractivity (Wildman–Crippen MR) is 122 cm³/mol. The Hall–Kier alpha value is -3.64. The lowest BCUT2D eigenvalue weighted by Crippen LogP contribution is -2.07. The second-order valence-corrected chi connectivity index (χ2v) is 8.31. The zero-order valence-corrected chi connectivity index (χ0v) is 17.0. The van der Waals surface area contributed by atoms with Crippen LogP contribution in [0.4, 0.5) is 16.4 Å². The summed E-state index contributed by atoms with van der Waals surface area (Å²) in [6.45, 7) is 0. The van der Waals surface area contributed by atoms with Crippen LogP contribution in [0.3, 0.4) is 0 Å². The van der Waals surface area contributed by atoms with Gasteiger partial charge in [0.2, 0.25) is 0 Å². The van der Waals surface area contributed by atoms with Crippen molar-refractivity contribution in [1.82, 2.24) is 0 Å². The highest BCUT2D eigenvalue weighted by molar-refractivity contribution is 7.24. The lowest BCUT2D eigenvalue weighted by Gasteiger charge is -2.23. The van der Waals surface area contributed by atoms with Crippen LogP contribution in [0.2, 0.25) is 0 Å². The molecule has 5 heteroatoms. The van der Waals surface area contributed by atoms with Crippen molar-refractivity contribution in [3.63, 3.8) is 0 Å². The van der Waals surface area contributed by atoms with Gasteiger partial charge in [0, 0.05) is 26.0 Å². The smallest absolute Gasteiger partial charge is 0.131 e. The molecule has 0 saturated heterocycles. The average Bonchev–Trinajstić information content (AvgIpc) is 3.43. The van der Waals surface area contributed by atoms with Gasteiger partial charge in [-0.1, -0.05) is 36.4 Å². The highest BCUT2D eigenvalue weighted by atomic mass is 32.1. The topological polar surface area (TPSA) is 50.8 Å². The van der Waals surface area contributed by atoms with Crippen LogP contribution in [0, 0.1) is 22.7 Å². The third-order valence-corrected chi connectivity index (χ3v) is 6.54. The van der Waals surface area contributed by atoms with Crippen molar-refractivity contribution >= 4 is 45.1 Å². The molecule has 4 aromatic rings. The molecular formula is C24H15N3S2. The van der Waals surface area contributed by atoms with Gasteiger partial charge < -0.3 is 4.90 Å². The average molecular weight is 410 g/mol. The van der Waals surface area contributed by atoms with Gasteiger partial charge >= 0.3 is 0 Å². The second-order valence-electron chi connectivity index (χ2n) is 6.13. The Kier molecular flexibility index (Phi) is 5.54. The number of rotatable bonds is 5. The molecule has 138 valence electrons. The third kappa shape index (κ3) is 4.12. The van der Waals surface area contributed by atoms with E-state index in [0.717, 1.165) is 31.0 Å². The number of nitriles is 2. The van der Waals surface area contributed by atoms with Gasteiger partial charge in [0.05, 0.1) is 0 Å². The van der Waals surface area contributed by atoms with Crippen molar-refractivity contribution in [3.8, 4) is 21.9 Å². The van der Waals surface area contributed by atoms with Crippen molar-refractivity contribution < 1.29 is 0 Å². The molecule has 0 aliphatic heterocycles. The van der Waals surface area contributed by atoms with E-state index in [1.54, 1.807) is 28.7 Å². The summed E-state index contributed by atoms with van der Waals surface area (Å²) in [7, 11) is 0. The first-order chi connectivity index (χ1) is 14.3. The summed E-state index contributed by atoms with van der Waals surface area (Å²) in [5.41, 5.74) is 2.33. The van der Waals surface area contributed by atoms with E-state index in [1.807, 2.05) is 60.7 Å². The maximum absolute atomic E-state index is 8.95. The summed E-state index contributed by atoms with van der Waals surface area (Å²) in [6, 6.07) is 32.7. The fourth-order valence-electron chi connectivity index (χ4n) is 2.93. The Bertz CT molecular complexity index is 1170. The van der Waals surface area contributed by atoms with Crippen LogP contribution >= 0.6 is 22.7 Å². The molecule has 2 aromatic carbocycles. The highest BCUT2D eigenvalue weighted by Crippen LogP contribution is 2.43. The number of hydrogen-bond donors (Lipinski definition) is 0. The molecule has 0 aliphatic rings. The summed E-state index contributed by atoms with van der Waals surface area (Å²) in [4.78, 5) is 5.41. The third-order valence-electron chi connectivity index (χ3n) is 4.24. The van der Waals surface area contributed by atoms with E-state index in [9.17, 15) is 0 Å². The largest absolute Gasteiger partial charge is 0.302 e. The second kappa shape index (κ2) is 8.58. The van der Waals surface area contributed by atoms with E-state index in [0.29, 0.717) is 0 Å². The molecule has 0 N–H and O–H groups in total. The monoisotopic (exact) mass is 409 g/mol. The fourth-order valence-corrected chi connectivity index (χ4v) is 5.02. The molecule has 0 saturated carbocycles. The Morgan fingerprint density at radius 2 is 1.24 bits per heavy atom. The van der Waals surface area contributed by atoms with Gasteiger partial charge in [-0.25, -0.2) is 0 Å². The molecule has 2 aromatic heterocycles. The lowest BCUT2D eigenvalue weighted by molar-refractivity contribution is 1.32. The first-order valence-electron chi connectivity index (χ1n) is 8.90. The first-order valence-corrected chi connectivity index (χ1v) is 10.5. The zero-order chi connectivity index (χ0) is 20.1. The van der Waals surface area contributed by atoms with Crippen molar-refractivity contribution in [2.75, 3.05) is 4.90 Å². The van der Waals surface area contributed by atoms with E-state index in [-0.39, 0.29) is 5.57 Å². The summed E-state index contributed by atoms with van der Waals surface area (Å²) in [5, 5.41) is 19.0. The summed E-state index contributed by atoms with van der Waals surface area (Å²) >= 11 is 3.29. The Balaban J connectivity index is 1.70. The van der Waals surface area contributed by atoms with Gasteiger partial charge in [-0.15, -0.1) is 22.7 Å². The summed E-state index contributed by atoms with van der Waals surface area (Å²) in [5.74, 6) is 0. The first kappa shape index (κ1) is 18.7. The number of thiophene rings is 2. The number of anilines is 3. The molecule has 2 heterocycles. The Labute approximate surface area is 177 Å². The van der Waals surface area contributed by atoms with Gasteiger partial charge in [-0.2, -0.15) is 10.5 Å². The molecule has 4 rings (SSSR count). The van der Waals surface area contributed by atoms with Crippen molar-refractivity contribution in [3.05, 3.63) is 95.4 Å². The number of para-hydroxylation sites is 2. The SMILES string of the molecule is N#CC(C#N)=Cc1ccc(-c2ccc(N(c3ccccc3)c3ccccc3)s2)s1. The van der Waals surface area contributed by atoms with Crippen molar-refractivity contribution in [2.24, 2.45) is 0 Å². The maximum Gasteiger partial charge on any atom is 0.131 e. The fraction of sp³-hybridized carbons (Fsp3) is 0. The van der Waals surface area contributed by atoms with Crippen LogP contribution in [0.15, 0.2) is 90.5 Å². The predicted octanol–water partition coefficient (Wildman–Crippen LogP) is 7.38. The van der Waals surface area contributed by atoms with Gasteiger partial charge in [0.25, 0.3) is 0 Å². The molecule has 3 nitrogen and oxygen atoms in total. The molecule has 0 atom stereocenters.